The van der Waals surface area contributed by atoms with E-state index in [0.717, 1.165) is 47.5 Å². The second-order valence-corrected chi connectivity index (χ2v) is 8.52. The summed E-state index contributed by atoms with van der Waals surface area (Å²) in [4.78, 5) is 16.5. The SMILES string of the molecule is Cc1cccc(C)c1/C(=N\C(=N/c1cccnc1)N1CCCCC1C)Nc1ccc(F)cc1. The van der Waals surface area contributed by atoms with Crippen LogP contribution in [0.15, 0.2) is 77.0 Å². The lowest BCUT2D eigenvalue weighted by Crippen LogP contribution is -2.42. The summed E-state index contributed by atoms with van der Waals surface area (Å²) in [6, 6.07) is 16.7. The van der Waals surface area contributed by atoms with E-state index in [9.17, 15) is 4.39 Å². The second-order valence-electron chi connectivity index (χ2n) is 8.52. The summed E-state index contributed by atoms with van der Waals surface area (Å²) in [6.45, 7) is 7.27. The van der Waals surface area contributed by atoms with E-state index in [2.05, 4.69) is 48.1 Å². The van der Waals surface area contributed by atoms with Gasteiger partial charge < -0.3 is 10.2 Å². The van der Waals surface area contributed by atoms with Gasteiger partial charge >= 0.3 is 0 Å². The van der Waals surface area contributed by atoms with Gasteiger partial charge in [0.1, 0.15) is 11.7 Å². The van der Waals surface area contributed by atoms with Crippen molar-refractivity contribution in [1.82, 2.24) is 9.88 Å². The normalized spacial score (nSPS) is 17.2. The summed E-state index contributed by atoms with van der Waals surface area (Å²) in [5.74, 6) is 1.08. The Hall–Kier alpha value is -3.54. The van der Waals surface area contributed by atoms with Gasteiger partial charge in [0.15, 0.2) is 0 Å². The maximum atomic E-state index is 13.5. The monoisotopic (exact) mass is 443 g/mol. The molecule has 0 radical (unpaired) electrons. The van der Waals surface area contributed by atoms with Crippen molar-refractivity contribution in [3.05, 3.63) is 89.5 Å². The fourth-order valence-corrected chi connectivity index (χ4v) is 4.19. The number of halogens is 1. The van der Waals surface area contributed by atoms with E-state index in [4.69, 9.17) is 9.98 Å². The van der Waals surface area contributed by atoms with Gasteiger partial charge in [-0.25, -0.2) is 9.38 Å². The van der Waals surface area contributed by atoms with Gasteiger partial charge in [0.2, 0.25) is 5.96 Å². The quantitative estimate of drug-likeness (QED) is 0.384. The molecule has 4 rings (SSSR count). The number of aromatic nitrogens is 1. The number of aliphatic imine (C=N–C) groups is 2. The number of amidine groups is 1. The highest BCUT2D eigenvalue weighted by Gasteiger charge is 2.23. The number of nitrogens with zero attached hydrogens (tertiary/aromatic N) is 4. The Kier molecular flexibility index (Phi) is 7.13. The fraction of sp³-hybridized carbons (Fsp3) is 0.296. The first-order valence-electron chi connectivity index (χ1n) is 11.4. The molecule has 2 aromatic carbocycles. The third-order valence-corrected chi connectivity index (χ3v) is 5.97. The van der Waals surface area contributed by atoms with Gasteiger partial charge in [-0.3, -0.25) is 4.98 Å². The van der Waals surface area contributed by atoms with Crippen LogP contribution in [0.2, 0.25) is 0 Å². The molecule has 2 heterocycles. The zero-order valence-corrected chi connectivity index (χ0v) is 19.4. The molecule has 1 atom stereocenters. The number of nitrogens with one attached hydrogen (secondary N) is 1. The average Bonchev–Trinajstić information content (AvgIpc) is 2.81. The predicted molar refractivity (Wildman–Crippen MR) is 134 cm³/mol. The first kappa shape index (κ1) is 22.6. The van der Waals surface area contributed by atoms with Crippen LogP contribution in [0.3, 0.4) is 0 Å². The molecular weight excluding hydrogens is 413 g/mol. The third kappa shape index (κ3) is 5.64. The van der Waals surface area contributed by atoms with Crippen LogP contribution in [0.25, 0.3) is 0 Å². The van der Waals surface area contributed by atoms with Gasteiger partial charge in [0.25, 0.3) is 0 Å². The lowest BCUT2D eigenvalue weighted by Gasteiger charge is -2.34. The molecular formula is C27H30FN5. The van der Waals surface area contributed by atoms with Crippen molar-refractivity contribution < 1.29 is 4.39 Å². The number of guanidine groups is 1. The maximum Gasteiger partial charge on any atom is 0.228 e. The average molecular weight is 444 g/mol. The number of aryl methyl sites for hydroxylation is 2. The molecule has 1 aromatic heterocycles. The van der Waals surface area contributed by atoms with Gasteiger partial charge in [-0.2, -0.15) is 4.99 Å². The van der Waals surface area contributed by atoms with E-state index >= 15 is 0 Å². The van der Waals surface area contributed by atoms with Crippen molar-refractivity contribution in [2.75, 3.05) is 11.9 Å². The van der Waals surface area contributed by atoms with E-state index in [1.807, 2.05) is 18.2 Å². The summed E-state index contributed by atoms with van der Waals surface area (Å²) in [5.41, 5.74) is 4.76. The Bertz CT molecular complexity index is 1120. The maximum absolute atomic E-state index is 13.5. The molecule has 0 bridgehead atoms. The number of piperidine rings is 1. The van der Waals surface area contributed by atoms with Crippen LogP contribution in [-0.2, 0) is 0 Å². The van der Waals surface area contributed by atoms with E-state index in [1.54, 1.807) is 24.5 Å². The Morgan fingerprint density at radius 2 is 1.79 bits per heavy atom. The Balaban J connectivity index is 1.85. The van der Waals surface area contributed by atoms with Crippen LogP contribution < -0.4 is 5.32 Å². The van der Waals surface area contributed by atoms with E-state index < -0.39 is 0 Å². The third-order valence-electron chi connectivity index (χ3n) is 5.97. The molecule has 0 amide bonds. The smallest absolute Gasteiger partial charge is 0.228 e. The predicted octanol–water partition coefficient (Wildman–Crippen LogP) is 6.26. The first-order chi connectivity index (χ1) is 16.0. The van der Waals surface area contributed by atoms with Crippen LogP contribution in [0, 0.1) is 19.7 Å². The van der Waals surface area contributed by atoms with E-state index in [-0.39, 0.29) is 5.82 Å². The molecule has 1 N–H and O–H groups in total. The highest BCUT2D eigenvalue weighted by molar-refractivity contribution is 6.14. The van der Waals surface area contributed by atoms with Crippen molar-refractivity contribution in [2.24, 2.45) is 9.98 Å². The van der Waals surface area contributed by atoms with E-state index in [1.165, 1.54) is 18.6 Å². The molecule has 0 aliphatic carbocycles. The largest absolute Gasteiger partial charge is 0.340 e. The Morgan fingerprint density at radius 3 is 2.45 bits per heavy atom. The number of pyridine rings is 1. The second kappa shape index (κ2) is 10.4. The summed E-state index contributed by atoms with van der Waals surface area (Å²) in [7, 11) is 0. The molecule has 170 valence electrons. The molecule has 1 aliphatic rings. The molecule has 5 nitrogen and oxygen atoms in total. The van der Waals surface area contributed by atoms with Crippen molar-refractivity contribution in [2.45, 2.75) is 46.1 Å². The molecule has 1 fully saturated rings. The minimum Gasteiger partial charge on any atom is -0.340 e. The van der Waals surface area contributed by atoms with Crippen molar-refractivity contribution in [1.29, 1.82) is 0 Å². The van der Waals surface area contributed by atoms with Crippen LogP contribution in [0.1, 0.15) is 42.9 Å². The highest BCUT2D eigenvalue weighted by Crippen LogP contribution is 2.22. The zero-order valence-electron chi connectivity index (χ0n) is 19.4. The van der Waals surface area contributed by atoms with Crippen molar-refractivity contribution >= 4 is 23.2 Å². The summed E-state index contributed by atoms with van der Waals surface area (Å²) in [5, 5.41) is 3.43. The summed E-state index contributed by atoms with van der Waals surface area (Å²) in [6.07, 6.45) is 6.90. The molecule has 0 spiro atoms. The number of benzene rings is 2. The van der Waals surface area contributed by atoms with Gasteiger partial charge in [0, 0.05) is 30.0 Å². The van der Waals surface area contributed by atoms with Gasteiger partial charge in [-0.1, -0.05) is 18.2 Å². The molecule has 3 aromatic rings. The van der Waals surface area contributed by atoms with Crippen LogP contribution in [-0.4, -0.2) is 34.3 Å². The van der Waals surface area contributed by atoms with Gasteiger partial charge in [-0.15, -0.1) is 0 Å². The lowest BCUT2D eigenvalue weighted by molar-refractivity contribution is 0.256. The summed E-state index contributed by atoms with van der Waals surface area (Å²) < 4.78 is 13.5. The van der Waals surface area contributed by atoms with Crippen molar-refractivity contribution in [3.63, 3.8) is 0 Å². The first-order valence-corrected chi connectivity index (χ1v) is 11.4. The minimum atomic E-state index is -0.271. The fourth-order valence-electron chi connectivity index (χ4n) is 4.19. The number of rotatable bonds is 3. The molecule has 33 heavy (non-hydrogen) atoms. The van der Waals surface area contributed by atoms with Crippen molar-refractivity contribution in [3.8, 4) is 0 Å². The van der Waals surface area contributed by atoms with Gasteiger partial charge in [-0.05, 0) is 87.6 Å². The van der Waals surface area contributed by atoms with E-state index in [0.29, 0.717) is 17.8 Å². The molecule has 6 heteroatoms. The molecule has 1 aliphatic heterocycles. The number of likely N-dealkylation sites (tertiary alicyclic amines) is 1. The van der Waals surface area contributed by atoms with Crippen LogP contribution in [0.4, 0.5) is 15.8 Å². The lowest BCUT2D eigenvalue weighted by atomic mass is 10.0. The molecule has 1 unspecified atom stereocenters. The topological polar surface area (TPSA) is 52.9 Å². The zero-order chi connectivity index (χ0) is 23.2. The number of hydrogen-bond donors (Lipinski definition) is 1. The molecule has 0 saturated carbocycles. The van der Waals surface area contributed by atoms with Crippen LogP contribution >= 0.6 is 0 Å². The minimum absolute atomic E-state index is 0.271. The van der Waals surface area contributed by atoms with Gasteiger partial charge in [0.05, 0.1) is 11.9 Å². The highest BCUT2D eigenvalue weighted by atomic mass is 19.1. The number of anilines is 1. The summed E-state index contributed by atoms with van der Waals surface area (Å²) >= 11 is 0. The Morgan fingerprint density at radius 1 is 1.03 bits per heavy atom. The number of hydrogen-bond acceptors (Lipinski definition) is 2. The Labute approximate surface area is 195 Å². The standard InChI is InChI=1S/C27H30FN5/c1-19-8-6-9-20(2)25(19)26(30-23-14-12-22(28)13-15-23)32-27(31-24-11-7-16-29-18-24)33-17-5-4-10-21(33)3/h6-9,11-16,18,21H,4-5,10,17H2,1-3H3,(H,30,31,32). The van der Waals surface area contributed by atoms with Crippen LogP contribution in [0.5, 0.6) is 0 Å². The molecule has 1 saturated heterocycles.